The molecule has 1 saturated heterocycles. The number of halogens is 1. The van der Waals surface area contributed by atoms with Gasteiger partial charge in [0.15, 0.2) is 0 Å². The number of primary amides is 1. The van der Waals surface area contributed by atoms with Gasteiger partial charge in [-0.2, -0.15) is 0 Å². The summed E-state index contributed by atoms with van der Waals surface area (Å²) in [5.41, 5.74) is 6.01. The lowest BCUT2D eigenvalue weighted by Gasteiger charge is -2.43. The highest BCUT2D eigenvalue weighted by atomic mass is 19.1. The number of rotatable bonds is 7. The standard InChI is InChI=1S/C27H30FN3O4/c1-4-27(5-2,26(29)35)22-14-13-21(17-9-8-10-18(28)15-17)31(22)23(32)16(3)30-24(33)19-11-6-7-12-20(19)25(30)34/h6-12,15-16,21-22H,4-5,13-14H2,1-3H3,(H2,29,35)/t16-,21+,22-/m1/s1. The molecule has 8 heteroatoms. The van der Waals surface area contributed by atoms with Crippen molar-refractivity contribution in [2.75, 3.05) is 0 Å². The topological polar surface area (TPSA) is 101 Å². The Morgan fingerprint density at radius 3 is 2.14 bits per heavy atom. The van der Waals surface area contributed by atoms with E-state index < -0.39 is 53.0 Å². The smallest absolute Gasteiger partial charge is 0.262 e. The predicted molar refractivity (Wildman–Crippen MR) is 128 cm³/mol. The number of hydrogen-bond donors (Lipinski definition) is 1. The Morgan fingerprint density at radius 2 is 1.63 bits per heavy atom. The minimum absolute atomic E-state index is 0.255. The monoisotopic (exact) mass is 479 g/mol. The first-order chi connectivity index (χ1) is 16.7. The van der Waals surface area contributed by atoms with E-state index in [0.29, 0.717) is 31.2 Å². The van der Waals surface area contributed by atoms with Gasteiger partial charge in [-0.3, -0.25) is 24.1 Å². The van der Waals surface area contributed by atoms with Gasteiger partial charge >= 0.3 is 0 Å². The van der Waals surface area contributed by atoms with E-state index in [4.69, 9.17) is 5.73 Å². The van der Waals surface area contributed by atoms with Crippen LogP contribution in [0.4, 0.5) is 4.39 Å². The Balaban J connectivity index is 1.76. The Hall–Kier alpha value is -3.55. The van der Waals surface area contributed by atoms with E-state index in [-0.39, 0.29) is 11.1 Å². The second-order valence-electron chi connectivity index (χ2n) is 9.34. The number of hydrogen-bond acceptors (Lipinski definition) is 4. The lowest BCUT2D eigenvalue weighted by atomic mass is 9.73. The fourth-order valence-corrected chi connectivity index (χ4v) is 5.82. The Morgan fingerprint density at radius 1 is 1.03 bits per heavy atom. The predicted octanol–water partition coefficient (Wildman–Crippen LogP) is 3.83. The molecule has 2 aromatic rings. The van der Waals surface area contributed by atoms with Crippen molar-refractivity contribution in [1.82, 2.24) is 9.80 Å². The van der Waals surface area contributed by atoms with Crippen LogP contribution < -0.4 is 5.73 Å². The minimum atomic E-state index is -1.11. The van der Waals surface area contributed by atoms with Gasteiger partial charge in [0.2, 0.25) is 11.8 Å². The zero-order valence-corrected chi connectivity index (χ0v) is 20.2. The van der Waals surface area contributed by atoms with Crippen LogP contribution in [0.25, 0.3) is 0 Å². The summed E-state index contributed by atoms with van der Waals surface area (Å²) in [7, 11) is 0. The minimum Gasteiger partial charge on any atom is -0.369 e. The van der Waals surface area contributed by atoms with Crippen molar-refractivity contribution in [3.8, 4) is 0 Å². The van der Waals surface area contributed by atoms with Crippen molar-refractivity contribution >= 4 is 23.6 Å². The van der Waals surface area contributed by atoms with Crippen LogP contribution in [0.2, 0.25) is 0 Å². The number of carbonyl (C=O) groups excluding carboxylic acids is 4. The van der Waals surface area contributed by atoms with Gasteiger partial charge < -0.3 is 10.6 Å². The third-order valence-electron chi connectivity index (χ3n) is 7.83. The molecule has 1 fully saturated rings. The van der Waals surface area contributed by atoms with Crippen molar-refractivity contribution in [2.24, 2.45) is 11.1 Å². The highest BCUT2D eigenvalue weighted by molar-refractivity contribution is 6.22. The summed E-state index contributed by atoms with van der Waals surface area (Å²) in [5, 5.41) is 0. The molecule has 3 atom stereocenters. The van der Waals surface area contributed by atoms with Crippen LogP contribution >= 0.6 is 0 Å². The van der Waals surface area contributed by atoms with Gasteiger partial charge in [0.05, 0.1) is 22.6 Å². The van der Waals surface area contributed by atoms with Gasteiger partial charge in [-0.25, -0.2) is 4.39 Å². The van der Waals surface area contributed by atoms with Crippen molar-refractivity contribution in [1.29, 1.82) is 0 Å². The first-order valence-corrected chi connectivity index (χ1v) is 12.0. The number of nitrogens with two attached hydrogens (primary N) is 1. The molecule has 2 N–H and O–H groups in total. The van der Waals surface area contributed by atoms with Gasteiger partial charge in [-0.05, 0) is 62.4 Å². The van der Waals surface area contributed by atoms with Crippen LogP contribution in [0.1, 0.15) is 78.8 Å². The average Bonchev–Trinajstić information content (AvgIpc) is 3.39. The lowest BCUT2D eigenvalue weighted by molar-refractivity contribution is -0.145. The summed E-state index contributed by atoms with van der Waals surface area (Å²) in [4.78, 5) is 55.5. The molecule has 0 radical (unpaired) electrons. The molecule has 4 rings (SSSR count). The third-order valence-corrected chi connectivity index (χ3v) is 7.83. The molecule has 2 aliphatic heterocycles. The maximum atomic E-state index is 14.1. The van der Waals surface area contributed by atoms with Gasteiger partial charge in [-0.1, -0.05) is 38.1 Å². The molecule has 4 amide bonds. The van der Waals surface area contributed by atoms with E-state index in [1.54, 1.807) is 41.3 Å². The molecule has 184 valence electrons. The maximum absolute atomic E-state index is 14.1. The van der Waals surface area contributed by atoms with Crippen molar-refractivity contribution in [2.45, 2.75) is 64.6 Å². The van der Waals surface area contributed by atoms with Crippen molar-refractivity contribution in [3.05, 3.63) is 71.0 Å². The van der Waals surface area contributed by atoms with E-state index in [0.717, 1.165) is 4.90 Å². The summed E-state index contributed by atoms with van der Waals surface area (Å²) >= 11 is 0. The Bertz CT molecular complexity index is 1160. The molecule has 2 heterocycles. The average molecular weight is 480 g/mol. The van der Waals surface area contributed by atoms with Crippen molar-refractivity contribution in [3.63, 3.8) is 0 Å². The summed E-state index contributed by atoms with van der Waals surface area (Å²) in [5.74, 6) is -2.46. The molecule has 0 spiro atoms. The Kier molecular flexibility index (Phi) is 6.49. The second kappa shape index (κ2) is 9.24. The number of fused-ring (bicyclic) bond motifs is 1. The van der Waals surface area contributed by atoms with Crippen LogP contribution in [0.15, 0.2) is 48.5 Å². The largest absolute Gasteiger partial charge is 0.369 e. The van der Waals surface area contributed by atoms with E-state index in [2.05, 4.69) is 0 Å². The van der Waals surface area contributed by atoms with Gasteiger partial charge in [-0.15, -0.1) is 0 Å². The number of imide groups is 1. The molecular formula is C27H30FN3O4. The van der Waals surface area contributed by atoms with Gasteiger partial charge in [0, 0.05) is 6.04 Å². The van der Waals surface area contributed by atoms with E-state index in [1.807, 2.05) is 13.8 Å². The Labute approximate surface area is 204 Å². The number of amides is 4. The number of nitrogens with zero attached hydrogens (tertiary/aromatic N) is 2. The third kappa shape index (κ3) is 3.81. The molecule has 7 nitrogen and oxygen atoms in total. The fourth-order valence-electron chi connectivity index (χ4n) is 5.82. The van der Waals surface area contributed by atoms with E-state index >= 15 is 0 Å². The van der Waals surface area contributed by atoms with E-state index in [9.17, 15) is 23.6 Å². The van der Waals surface area contributed by atoms with Crippen LogP contribution in [-0.2, 0) is 9.59 Å². The molecule has 0 aliphatic carbocycles. The van der Waals surface area contributed by atoms with Crippen LogP contribution in [-0.4, -0.2) is 45.5 Å². The molecule has 35 heavy (non-hydrogen) atoms. The molecular weight excluding hydrogens is 449 g/mol. The zero-order valence-electron chi connectivity index (χ0n) is 20.2. The zero-order chi connectivity index (χ0) is 25.5. The van der Waals surface area contributed by atoms with Gasteiger partial charge in [0.25, 0.3) is 11.8 Å². The highest BCUT2D eigenvalue weighted by Crippen LogP contribution is 2.47. The van der Waals surface area contributed by atoms with Crippen LogP contribution in [0, 0.1) is 11.2 Å². The molecule has 2 aliphatic rings. The number of likely N-dealkylation sites (tertiary alicyclic amines) is 1. The summed E-state index contributed by atoms with van der Waals surface area (Å²) < 4.78 is 14.1. The molecule has 0 bridgehead atoms. The second-order valence-corrected chi connectivity index (χ2v) is 9.34. The SMILES string of the molecule is CCC(CC)(C(N)=O)[C@H]1CC[C@@H](c2cccc(F)c2)N1C(=O)[C@@H](C)N1C(=O)c2ccccc2C1=O. The summed E-state index contributed by atoms with van der Waals surface area (Å²) in [6, 6.07) is 10.3. The lowest BCUT2D eigenvalue weighted by Crippen LogP contribution is -2.57. The highest BCUT2D eigenvalue weighted by Gasteiger charge is 2.53. The van der Waals surface area contributed by atoms with Crippen LogP contribution in [0.3, 0.4) is 0 Å². The molecule has 0 unspecified atom stereocenters. The maximum Gasteiger partial charge on any atom is 0.262 e. The molecule has 0 aromatic heterocycles. The van der Waals surface area contributed by atoms with Crippen LogP contribution in [0.5, 0.6) is 0 Å². The van der Waals surface area contributed by atoms with Gasteiger partial charge in [0.1, 0.15) is 11.9 Å². The number of benzene rings is 2. The first kappa shape index (κ1) is 24.6. The normalized spacial score (nSPS) is 20.8. The molecule has 0 saturated carbocycles. The van der Waals surface area contributed by atoms with Crippen molar-refractivity contribution < 1.29 is 23.6 Å². The summed E-state index contributed by atoms with van der Waals surface area (Å²) in [6.45, 7) is 5.24. The fraction of sp³-hybridized carbons (Fsp3) is 0.407. The first-order valence-electron chi connectivity index (χ1n) is 12.0. The molecule has 2 aromatic carbocycles. The van der Waals surface area contributed by atoms with E-state index in [1.165, 1.54) is 19.1 Å². The number of carbonyl (C=O) groups is 4. The summed E-state index contributed by atoms with van der Waals surface area (Å²) in [6.07, 6.45) is 1.84. The quantitative estimate of drug-likeness (QED) is 0.610.